The maximum Gasteiger partial charge on any atom is 0.234 e. The van der Waals surface area contributed by atoms with Crippen molar-refractivity contribution in [3.05, 3.63) is 65.2 Å². The van der Waals surface area contributed by atoms with Gasteiger partial charge in [0.2, 0.25) is 11.9 Å². The summed E-state index contributed by atoms with van der Waals surface area (Å²) in [5.41, 5.74) is 4.80. The second kappa shape index (κ2) is 9.75. The van der Waals surface area contributed by atoms with Gasteiger partial charge in [0, 0.05) is 18.8 Å². The Bertz CT molecular complexity index is 1080. The van der Waals surface area contributed by atoms with Crippen LogP contribution in [0.15, 0.2) is 53.7 Å². The number of amides is 1. The maximum atomic E-state index is 12.6. The highest BCUT2D eigenvalue weighted by Gasteiger charge is 2.21. The third-order valence-electron chi connectivity index (χ3n) is 5.89. The first-order chi connectivity index (χ1) is 15.8. The summed E-state index contributed by atoms with van der Waals surface area (Å²) in [4.78, 5) is 14.9. The monoisotopic (exact) mass is 449 g/mol. The lowest BCUT2D eigenvalue weighted by atomic mass is 10.1. The van der Waals surface area contributed by atoms with Gasteiger partial charge in [-0.25, -0.2) is 0 Å². The Morgan fingerprint density at radius 2 is 1.84 bits per heavy atom. The Balaban J connectivity index is 1.29. The van der Waals surface area contributed by atoms with Gasteiger partial charge in [0.1, 0.15) is 0 Å². The molecule has 166 valence electrons. The van der Waals surface area contributed by atoms with E-state index in [-0.39, 0.29) is 11.7 Å². The lowest BCUT2D eigenvalue weighted by molar-refractivity contribution is -0.113. The summed E-state index contributed by atoms with van der Waals surface area (Å²) in [7, 11) is 0. The number of carbonyl (C=O) groups excluding carboxylic acids is 1. The molecule has 0 bridgehead atoms. The van der Waals surface area contributed by atoms with E-state index in [1.54, 1.807) is 0 Å². The summed E-state index contributed by atoms with van der Waals surface area (Å²) in [5, 5.41) is 12.7. The van der Waals surface area contributed by atoms with E-state index < -0.39 is 0 Å². The molecule has 0 atom stereocenters. The van der Waals surface area contributed by atoms with E-state index >= 15 is 0 Å². The van der Waals surface area contributed by atoms with Gasteiger partial charge < -0.3 is 15.0 Å². The molecule has 1 saturated heterocycles. The number of ether oxygens (including phenoxy) is 1. The van der Waals surface area contributed by atoms with Crippen LogP contribution in [-0.2, 0) is 28.9 Å². The number of nitrogens with zero attached hydrogens (tertiary/aromatic N) is 4. The number of aryl methyl sites for hydroxylation is 2. The number of hydrogen-bond acceptors (Lipinski definition) is 6. The number of hydrogen-bond donors (Lipinski definition) is 1. The number of morpholine rings is 1. The van der Waals surface area contributed by atoms with E-state index in [4.69, 9.17) is 4.74 Å². The predicted molar refractivity (Wildman–Crippen MR) is 126 cm³/mol. The lowest BCUT2D eigenvalue weighted by Gasteiger charge is -2.28. The van der Waals surface area contributed by atoms with Gasteiger partial charge >= 0.3 is 0 Å². The zero-order valence-corrected chi connectivity index (χ0v) is 18.8. The predicted octanol–water partition coefficient (Wildman–Crippen LogP) is 3.38. The van der Waals surface area contributed by atoms with E-state index in [0.717, 1.165) is 42.7 Å². The fourth-order valence-corrected chi connectivity index (χ4v) is 5.00. The third kappa shape index (κ3) is 4.81. The van der Waals surface area contributed by atoms with Crippen molar-refractivity contribution in [3.63, 3.8) is 0 Å². The molecule has 0 saturated carbocycles. The van der Waals surface area contributed by atoms with Crippen LogP contribution in [0.5, 0.6) is 0 Å². The molecule has 2 heterocycles. The molecule has 1 N–H and O–H groups in total. The molecule has 1 amide bonds. The van der Waals surface area contributed by atoms with Crippen molar-refractivity contribution in [1.29, 1.82) is 0 Å². The Kier molecular flexibility index (Phi) is 6.41. The molecule has 3 aromatic rings. The van der Waals surface area contributed by atoms with Crippen LogP contribution in [0.1, 0.15) is 23.1 Å². The molecule has 1 aliphatic heterocycles. The Morgan fingerprint density at radius 3 is 2.69 bits per heavy atom. The second-order valence-electron chi connectivity index (χ2n) is 8.13. The SMILES string of the molecule is O=C(CSc1nnc(N2CCOCC2)n1Cc1ccccc1)Nc1ccc2c(c1)CCC2. The smallest absolute Gasteiger partial charge is 0.234 e. The summed E-state index contributed by atoms with van der Waals surface area (Å²) in [6, 6.07) is 16.5. The maximum absolute atomic E-state index is 12.6. The molecule has 2 aromatic carbocycles. The van der Waals surface area contributed by atoms with Crippen molar-refractivity contribution < 1.29 is 9.53 Å². The summed E-state index contributed by atoms with van der Waals surface area (Å²) >= 11 is 1.42. The summed E-state index contributed by atoms with van der Waals surface area (Å²) < 4.78 is 7.60. The van der Waals surface area contributed by atoms with Crippen molar-refractivity contribution >= 4 is 29.3 Å². The minimum Gasteiger partial charge on any atom is -0.378 e. The van der Waals surface area contributed by atoms with Crippen LogP contribution < -0.4 is 10.2 Å². The molecule has 0 radical (unpaired) electrons. The molecule has 5 rings (SSSR count). The zero-order chi connectivity index (χ0) is 21.8. The van der Waals surface area contributed by atoms with E-state index in [1.165, 1.54) is 34.9 Å². The van der Waals surface area contributed by atoms with E-state index in [2.05, 4.69) is 49.2 Å². The Labute approximate surface area is 192 Å². The first-order valence-corrected chi connectivity index (χ1v) is 12.1. The van der Waals surface area contributed by atoms with Gasteiger partial charge in [-0.3, -0.25) is 9.36 Å². The summed E-state index contributed by atoms with van der Waals surface area (Å²) in [5.74, 6) is 1.08. The second-order valence-corrected chi connectivity index (χ2v) is 9.07. The van der Waals surface area contributed by atoms with Crippen LogP contribution in [0.2, 0.25) is 0 Å². The minimum atomic E-state index is -0.0323. The van der Waals surface area contributed by atoms with Gasteiger partial charge in [-0.1, -0.05) is 48.2 Å². The molecule has 1 fully saturated rings. The number of thioether (sulfide) groups is 1. The number of carbonyl (C=O) groups is 1. The number of fused-ring (bicyclic) bond motifs is 1. The van der Waals surface area contributed by atoms with Gasteiger partial charge in [-0.05, 0) is 48.1 Å². The normalized spacial score (nSPS) is 15.6. The molecule has 2 aliphatic rings. The zero-order valence-electron chi connectivity index (χ0n) is 18.0. The number of rotatable bonds is 7. The van der Waals surface area contributed by atoms with Gasteiger partial charge in [0.15, 0.2) is 5.16 Å². The molecule has 1 aliphatic carbocycles. The molecule has 7 nitrogen and oxygen atoms in total. The highest BCUT2D eigenvalue weighted by Crippen LogP contribution is 2.26. The molecule has 8 heteroatoms. The van der Waals surface area contributed by atoms with Gasteiger partial charge in [0.05, 0.1) is 25.5 Å². The van der Waals surface area contributed by atoms with Gasteiger partial charge in [0.25, 0.3) is 0 Å². The van der Waals surface area contributed by atoms with Crippen LogP contribution in [0.3, 0.4) is 0 Å². The average molecular weight is 450 g/mol. The molecular weight excluding hydrogens is 422 g/mol. The van der Waals surface area contributed by atoms with E-state index in [9.17, 15) is 4.79 Å². The first-order valence-electron chi connectivity index (χ1n) is 11.1. The van der Waals surface area contributed by atoms with Crippen LogP contribution in [0.4, 0.5) is 11.6 Å². The van der Waals surface area contributed by atoms with Crippen LogP contribution in [-0.4, -0.2) is 52.7 Å². The summed E-state index contributed by atoms with van der Waals surface area (Å²) in [6.07, 6.45) is 3.44. The largest absolute Gasteiger partial charge is 0.378 e. The van der Waals surface area contributed by atoms with Gasteiger partial charge in [-0.15, -0.1) is 10.2 Å². The number of benzene rings is 2. The minimum absolute atomic E-state index is 0.0323. The van der Waals surface area contributed by atoms with E-state index in [0.29, 0.717) is 19.8 Å². The van der Waals surface area contributed by atoms with Crippen LogP contribution in [0, 0.1) is 0 Å². The highest BCUT2D eigenvalue weighted by atomic mass is 32.2. The number of anilines is 2. The lowest BCUT2D eigenvalue weighted by Crippen LogP contribution is -2.38. The molecule has 1 aromatic heterocycles. The standard InChI is InChI=1S/C24H27N5O2S/c30-22(25-21-10-9-19-7-4-8-20(19)15-21)17-32-24-27-26-23(28-11-13-31-14-12-28)29(24)16-18-5-2-1-3-6-18/h1-3,5-6,9-10,15H,4,7-8,11-14,16-17H2,(H,25,30). The molecule has 32 heavy (non-hydrogen) atoms. The quantitative estimate of drug-likeness (QED) is 0.558. The molecule has 0 unspecified atom stereocenters. The van der Waals surface area contributed by atoms with Gasteiger partial charge in [-0.2, -0.15) is 0 Å². The van der Waals surface area contributed by atoms with Crippen molar-refractivity contribution in [3.8, 4) is 0 Å². The van der Waals surface area contributed by atoms with Crippen molar-refractivity contribution in [2.24, 2.45) is 0 Å². The van der Waals surface area contributed by atoms with Crippen LogP contribution in [0.25, 0.3) is 0 Å². The van der Waals surface area contributed by atoms with Crippen molar-refractivity contribution in [2.45, 2.75) is 31.0 Å². The van der Waals surface area contributed by atoms with Crippen molar-refractivity contribution in [1.82, 2.24) is 14.8 Å². The molecule has 0 spiro atoms. The first kappa shape index (κ1) is 21.0. The topological polar surface area (TPSA) is 72.3 Å². The van der Waals surface area contributed by atoms with Crippen molar-refractivity contribution in [2.75, 3.05) is 42.3 Å². The average Bonchev–Trinajstić information content (AvgIpc) is 3.45. The molecular formula is C24H27N5O2S. The highest BCUT2D eigenvalue weighted by molar-refractivity contribution is 7.99. The summed E-state index contributed by atoms with van der Waals surface area (Å²) in [6.45, 7) is 3.61. The fraction of sp³-hybridized carbons (Fsp3) is 0.375. The third-order valence-corrected chi connectivity index (χ3v) is 6.86. The Hall–Kier alpha value is -2.84. The number of nitrogens with one attached hydrogen (secondary N) is 1. The van der Waals surface area contributed by atoms with Crippen LogP contribution >= 0.6 is 11.8 Å². The number of aromatic nitrogens is 3. The Morgan fingerprint density at radius 1 is 1.03 bits per heavy atom. The fourth-order valence-electron chi connectivity index (χ4n) is 4.27. The van der Waals surface area contributed by atoms with E-state index in [1.807, 2.05) is 24.3 Å².